The van der Waals surface area contributed by atoms with Gasteiger partial charge in [0.2, 0.25) is 0 Å². The fraction of sp³-hybridized carbons (Fsp3) is 1.00. The molecular formula is C39F86O2Si3. The molecule has 782 valence electrons. The van der Waals surface area contributed by atoms with Crippen LogP contribution in [0, 0.1) is 0 Å². The molecule has 0 aromatic carbocycles. The van der Waals surface area contributed by atoms with Gasteiger partial charge in [-0.1, -0.05) is 0 Å². The maximum absolute atomic E-state index is 19.0. The highest BCUT2D eigenvalue weighted by atomic mass is 28.5. The van der Waals surface area contributed by atoms with E-state index < -0.39 is 264 Å². The molecule has 0 saturated heterocycles. The summed E-state index contributed by atoms with van der Waals surface area (Å²) in [7, 11) is -56.4. The number of hydrogen-bond acceptors (Lipinski definition) is 2. The topological polar surface area (TPSA) is 18.5 Å². The molecule has 0 radical (unpaired) electrons. The first-order valence-electron chi connectivity index (χ1n) is 26.8. The third-order valence-electron chi connectivity index (χ3n) is 15.9. The van der Waals surface area contributed by atoms with Crippen molar-refractivity contribution in [3.8, 4) is 0 Å². The first-order valence-corrected chi connectivity index (χ1v) is 32.3. The molecule has 2 nitrogen and oxygen atoms in total. The van der Waals surface area contributed by atoms with Gasteiger partial charge in [0, 0.05) is 0 Å². The van der Waals surface area contributed by atoms with Crippen molar-refractivity contribution < 1.29 is 386 Å². The molecule has 0 saturated carbocycles. The zero-order valence-corrected chi connectivity index (χ0v) is 57.3. The molecule has 0 aliphatic carbocycles. The zero-order chi connectivity index (χ0) is 108. The lowest BCUT2D eigenvalue weighted by atomic mass is 9.97. The van der Waals surface area contributed by atoms with E-state index in [-0.39, 0.29) is 0 Å². The summed E-state index contributed by atoms with van der Waals surface area (Å²) in [5, 5.41) is 0. The number of alkyl halides is 85. The fourth-order valence-electron chi connectivity index (χ4n) is 8.42. The third kappa shape index (κ3) is 14.2. The maximum Gasteiger partial charge on any atom is 0.600 e. The van der Waals surface area contributed by atoms with Gasteiger partial charge in [-0.25, -0.2) is 56.8 Å². The molecule has 0 atom stereocenters. The second kappa shape index (κ2) is 30.0. The monoisotopic (exact) mass is 2220 g/mol. The van der Waals surface area contributed by atoms with Crippen molar-refractivity contribution in [2.24, 2.45) is 0 Å². The highest BCUT2D eigenvalue weighted by Gasteiger charge is 3.14. The molecule has 0 aromatic heterocycles. The Morgan fingerprint density at radius 3 is 0.246 bits per heavy atom. The normalized spacial score (nSPS) is 17.7. The first-order chi connectivity index (χ1) is 54.2. The third-order valence-corrected chi connectivity index (χ3v) is 28.8. The molecule has 0 N–H and O–H groups in total. The van der Waals surface area contributed by atoms with E-state index in [1.165, 1.54) is 0 Å². The van der Waals surface area contributed by atoms with Crippen molar-refractivity contribution in [1.82, 2.24) is 0 Å². The van der Waals surface area contributed by atoms with E-state index in [9.17, 15) is 198 Å². The lowest BCUT2D eigenvalue weighted by Gasteiger charge is -2.57. The molecule has 0 fully saturated rings. The van der Waals surface area contributed by atoms with Gasteiger partial charge in [-0.15, -0.1) is 0 Å². The van der Waals surface area contributed by atoms with Crippen molar-refractivity contribution in [3.05, 3.63) is 0 Å². The smallest absolute Gasteiger partial charge is 0.395 e. The Morgan fingerprint density at radius 2 is 0.169 bits per heavy atom. The SMILES string of the molecule is FC(F)(F)C(F)(F)C(F)(F)C(F)(F)C(F)(F)C(F)(F)[Si](O[Si](F)(O[Si](C(F)(F)C(F)(F)C(F)(F)C(F)(F)C(F)(F)C(F)(F)F)(C(F)(F)C(F)(F)C(F)(F)C(F)(F)C(F)(F)C(F)(F)F)C(F)(F)C(F)(F)C(F)(F)C(F)(F)C(F)(F)C(F)(F)F)C(F)(F)C(F)(F)C(F)(F)F)(C(F)(F)C(F)(F)C(F)(F)C(F)(F)C(F)(F)C(F)(F)F)C(F)(F)C(F)(F)C(F)(F)C(F)(F)C(F)(F)C(F)(F)F. The molecule has 0 spiro atoms. The minimum atomic E-state index is -19.0. The summed E-state index contributed by atoms with van der Waals surface area (Å²) in [5.41, 5.74) is -102. The van der Waals surface area contributed by atoms with E-state index >= 15 is 180 Å². The van der Waals surface area contributed by atoms with E-state index in [1.54, 1.807) is 0 Å². The average molecular weight is 2220 g/mol. The van der Waals surface area contributed by atoms with Gasteiger partial charge >= 0.3 is 256 Å². The molecule has 0 unspecified atom stereocenters. The second-order valence-corrected chi connectivity index (χ2v) is 33.8. The Bertz CT molecular complexity index is 3420. The highest BCUT2D eigenvalue weighted by molar-refractivity contribution is 6.94. The quantitative estimate of drug-likeness (QED) is 0.0354. The Hall–Kier alpha value is -5.45. The number of hydrogen-bond donors (Lipinski definition) is 0. The van der Waals surface area contributed by atoms with Crippen molar-refractivity contribution >= 4 is 25.5 Å². The predicted molar refractivity (Wildman–Crippen MR) is 221 cm³/mol. The Labute approximate surface area is 642 Å². The van der Waals surface area contributed by atoms with Crippen LogP contribution >= 0.6 is 0 Å². The molecule has 0 amide bonds. The fourth-order valence-corrected chi connectivity index (χ4v) is 22.7. The largest absolute Gasteiger partial charge is 0.600 e. The molecule has 0 aliphatic rings. The van der Waals surface area contributed by atoms with Crippen LogP contribution in [0.15, 0.2) is 0 Å². The van der Waals surface area contributed by atoms with E-state index in [0.29, 0.717) is 0 Å². The molecule has 91 heteroatoms. The highest BCUT2D eigenvalue weighted by Crippen LogP contribution is 2.79. The number of rotatable bonds is 36. The zero-order valence-electron chi connectivity index (χ0n) is 54.3. The Kier molecular flexibility index (Phi) is 28.8. The van der Waals surface area contributed by atoms with Crippen molar-refractivity contribution in [2.75, 3.05) is 0 Å². The molecule has 0 aliphatic heterocycles. The van der Waals surface area contributed by atoms with Gasteiger partial charge in [-0.2, -0.15) is 321 Å². The van der Waals surface area contributed by atoms with Gasteiger partial charge in [-0.3, -0.25) is 0 Å². The van der Waals surface area contributed by atoms with E-state index in [0.717, 1.165) is 0 Å². The minimum Gasteiger partial charge on any atom is -0.395 e. The summed E-state index contributed by atoms with van der Waals surface area (Å²) in [6, 6.07) is 0. The molecule has 130 heavy (non-hydrogen) atoms. The molecule has 0 aromatic rings. The maximum atomic E-state index is 18.3. The predicted octanol–water partition coefficient (Wildman–Crippen LogP) is 26.9. The van der Waals surface area contributed by atoms with Crippen molar-refractivity contribution in [1.29, 1.82) is 0 Å². The van der Waals surface area contributed by atoms with Gasteiger partial charge < -0.3 is 8.23 Å². The lowest BCUT2D eigenvalue weighted by Crippen LogP contribution is -2.96. The van der Waals surface area contributed by atoms with Crippen molar-refractivity contribution in [2.45, 2.75) is 230 Å². The number of halogens is 86. The summed E-state index contributed by atoms with van der Waals surface area (Å²) < 4.78 is 1290. The van der Waals surface area contributed by atoms with E-state index in [4.69, 9.17) is 0 Å². The summed E-state index contributed by atoms with van der Waals surface area (Å²) in [6.07, 6.45) is -73.2. The molecular weight excluding hydrogens is 2220 g/mol. The van der Waals surface area contributed by atoms with Gasteiger partial charge in [0.15, 0.2) is 0 Å². The van der Waals surface area contributed by atoms with Crippen LogP contribution in [0.1, 0.15) is 0 Å². The van der Waals surface area contributed by atoms with Crippen molar-refractivity contribution in [3.63, 3.8) is 0 Å². The minimum absolute atomic E-state index is 1.17. The molecule has 0 heterocycles. The van der Waals surface area contributed by atoms with E-state index in [1.807, 2.05) is 0 Å². The second-order valence-electron chi connectivity index (χ2n) is 24.0. The van der Waals surface area contributed by atoms with Crippen LogP contribution < -0.4 is 0 Å². The van der Waals surface area contributed by atoms with Gasteiger partial charge in [0.05, 0.1) is 0 Å². The van der Waals surface area contributed by atoms with Crippen LogP contribution in [-0.2, 0) is 8.23 Å². The van der Waals surface area contributed by atoms with Crippen LogP contribution in [0.3, 0.4) is 0 Å². The summed E-state index contributed by atoms with van der Waals surface area (Å²) in [4.78, 5) is 0. The molecule has 0 bridgehead atoms. The van der Waals surface area contributed by atoms with Gasteiger partial charge in [0.1, 0.15) is 0 Å². The van der Waals surface area contributed by atoms with Gasteiger partial charge in [-0.05, 0) is 0 Å². The van der Waals surface area contributed by atoms with Crippen LogP contribution in [0.4, 0.5) is 377 Å². The lowest BCUT2D eigenvalue weighted by molar-refractivity contribution is -0.447. The van der Waals surface area contributed by atoms with Crippen LogP contribution in [0.25, 0.3) is 0 Å². The van der Waals surface area contributed by atoms with E-state index in [2.05, 4.69) is 0 Å². The van der Waals surface area contributed by atoms with Crippen LogP contribution in [0.2, 0.25) is 0 Å². The average Bonchev–Trinajstić information content (AvgIpc) is 0.641. The summed E-state index contributed by atoms with van der Waals surface area (Å²) in [6.45, 7) is 0. The summed E-state index contributed by atoms with van der Waals surface area (Å²) in [5.74, 6) is -310. The standard InChI is InChI=1S/C39F86O2Si3/c40-1(41,13(64,65)26(90,91)92)7(52,53)19(76,77)33(111,112)128(34(113,114)20(78,79)8(54,55)2(42,43)14(66,67)27(93,94)95,35(115,116)21(80,81)9(56,57)3(44,45)15(68,69)28(96,97)98)126-130(125,39(123,124)25(88,89)32(108,109)110)127-129(36(117,118)22(82,83)10(58,59)4(46,47)16(70,71)29(99,100)101,37(119,120)23(84,85)11(60,61)5(48,49)17(72,73)30(102,103)104)38(121,122)24(86,87)12(62,63)6(50,51)18(74,75)31(105,106)107. The Morgan fingerprint density at radius 1 is 0.0923 bits per heavy atom. The van der Waals surface area contributed by atoms with Crippen LogP contribution in [-0.4, -0.2) is 256 Å². The molecule has 0 rings (SSSR count). The summed E-state index contributed by atoms with van der Waals surface area (Å²) >= 11 is 0. The van der Waals surface area contributed by atoms with Crippen LogP contribution in [0.5, 0.6) is 0 Å². The van der Waals surface area contributed by atoms with Gasteiger partial charge in [0.25, 0.3) is 0 Å². The first kappa shape index (κ1) is 125. The Balaban J connectivity index is 15.0.